The zero-order valence-electron chi connectivity index (χ0n) is 13.1. The van der Waals surface area contributed by atoms with Crippen molar-refractivity contribution in [2.75, 3.05) is 52.0 Å². The second-order valence-corrected chi connectivity index (χ2v) is 4.67. The minimum Gasteiger partial charge on any atom is -0.473 e. The van der Waals surface area contributed by atoms with Crippen molar-refractivity contribution in [1.82, 2.24) is 4.98 Å². The molecule has 1 aromatic heterocycles. The number of anilines is 1. The smallest absolute Gasteiger partial charge is 0.237 e. The second-order valence-electron chi connectivity index (χ2n) is 4.67. The number of hydrogen-bond donors (Lipinski definition) is 1. The van der Waals surface area contributed by atoms with Crippen LogP contribution in [0.15, 0.2) is 18.3 Å². The van der Waals surface area contributed by atoms with Crippen LogP contribution in [-0.2, 0) is 14.2 Å². The zero-order chi connectivity index (χ0) is 15.3. The molecule has 0 bridgehead atoms. The molecule has 0 aliphatic carbocycles. The largest absolute Gasteiger partial charge is 0.473 e. The van der Waals surface area contributed by atoms with Crippen LogP contribution in [0.4, 0.5) is 5.69 Å². The average Bonchev–Trinajstić information content (AvgIpc) is 2.46. The monoisotopic (exact) mass is 298 g/mol. The van der Waals surface area contributed by atoms with E-state index in [1.54, 1.807) is 13.3 Å². The summed E-state index contributed by atoms with van der Waals surface area (Å²) < 4.78 is 21.3. The molecule has 1 rings (SSSR count). The molecule has 0 amide bonds. The molecule has 0 aromatic carbocycles. The van der Waals surface area contributed by atoms with E-state index in [4.69, 9.17) is 18.9 Å². The summed E-state index contributed by atoms with van der Waals surface area (Å²) in [6, 6.07) is 3.82. The van der Waals surface area contributed by atoms with E-state index in [0.717, 1.165) is 5.69 Å². The Morgan fingerprint density at radius 1 is 1.10 bits per heavy atom. The van der Waals surface area contributed by atoms with Gasteiger partial charge in [-0.3, -0.25) is 0 Å². The summed E-state index contributed by atoms with van der Waals surface area (Å²) >= 11 is 0. The van der Waals surface area contributed by atoms with E-state index in [9.17, 15) is 0 Å². The molecule has 1 N–H and O–H groups in total. The van der Waals surface area contributed by atoms with Gasteiger partial charge in [0, 0.05) is 19.9 Å². The van der Waals surface area contributed by atoms with E-state index in [1.165, 1.54) is 0 Å². The third-order valence-corrected chi connectivity index (χ3v) is 2.48. The maximum atomic E-state index is 5.63. The first-order valence-electron chi connectivity index (χ1n) is 7.24. The maximum absolute atomic E-state index is 5.63. The third kappa shape index (κ3) is 8.49. The predicted molar refractivity (Wildman–Crippen MR) is 82.0 cm³/mol. The van der Waals surface area contributed by atoms with Gasteiger partial charge in [-0.1, -0.05) is 0 Å². The molecule has 0 aliphatic rings. The summed E-state index contributed by atoms with van der Waals surface area (Å²) in [6.45, 7) is 7.62. The summed E-state index contributed by atoms with van der Waals surface area (Å²) in [4.78, 5) is 4.22. The molecule has 120 valence electrons. The Hall–Kier alpha value is -1.37. The fraction of sp³-hybridized carbons (Fsp3) is 0.667. The molecular weight excluding hydrogens is 272 g/mol. The molecule has 6 heteroatoms. The molecule has 0 aliphatic heterocycles. The van der Waals surface area contributed by atoms with Gasteiger partial charge >= 0.3 is 0 Å². The lowest BCUT2D eigenvalue weighted by Crippen LogP contribution is -2.15. The third-order valence-electron chi connectivity index (χ3n) is 2.48. The standard InChI is InChI=1S/C15H26N2O4/c1-13(2)21-15-14(5-4-6-17-15)16-7-8-19-11-12-20-10-9-18-3/h4-6,13,16H,7-12H2,1-3H3. The lowest BCUT2D eigenvalue weighted by atomic mass is 10.4. The van der Waals surface area contributed by atoms with Gasteiger partial charge in [0.05, 0.1) is 44.8 Å². The average molecular weight is 298 g/mol. The Balaban J connectivity index is 2.12. The van der Waals surface area contributed by atoms with E-state index in [1.807, 2.05) is 26.0 Å². The van der Waals surface area contributed by atoms with Crippen molar-refractivity contribution < 1.29 is 18.9 Å². The molecule has 0 atom stereocenters. The van der Waals surface area contributed by atoms with Crippen molar-refractivity contribution in [2.24, 2.45) is 0 Å². The molecule has 0 spiro atoms. The molecule has 0 fully saturated rings. The highest BCUT2D eigenvalue weighted by molar-refractivity contribution is 5.51. The van der Waals surface area contributed by atoms with Crippen LogP contribution in [0.25, 0.3) is 0 Å². The molecule has 6 nitrogen and oxygen atoms in total. The second kappa shape index (κ2) is 11.3. The van der Waals surface area contributed by atoms with E-state index in [2.05, 4.69) is 10.3 Å². The van der Waals surface area contributed by atoms with Crippen LogP contribution >= 0.6 is 0 Å². The van der Waals surface area contributed by atoms with Crippen LogP contribution in [0.5, 0.6) is 5.88 Å². The van der Waals surface area contributed by atoms with Crippen molar-refractivity contribution in [3.63, 3.8) is 0 Å². The first kappa shape index (κ1) is 17.7. The predicted octanol–water partition coefficient (Wildman–Crippen LogP) is 1.96. The summed E-state index contributed by atoms with van der Waals surface area (Å²) in [7, 11) is 1.65. The molecule has 1 heterocycles. The number of nitrogens with one attached hydrogen (secondary N) is 1. The van der Waals surface area contributed by atoms with E-state index < -0.39 is 0 Å². The lowest BCUT2D eigenvalue weighted by molar-refractivity contribution is 0.0272. The van der Waals surface area contributed by atoms with Gasteiger partial charge in [0.2, 0.25) is 5.88 Å². The van der Waals surface area contributed by atoms with Crippen molar-refractivity contribution in [1.29, 1.82) is 0 Å². The first-order valence-corrected chi connectivity index (χ1v) is 7.24. The highest BCUT2D eigenvalue weighted by Gasteiger charge is 2.05. The van der Waals surface area contributed by atoms with Gasteiger partial charge in [-0.05, 0) is 26.0 Å². The summed E-state index contributed by atoms with van der Waals surface area (Å²) in [5.74, 6) is 0.621. The van der Waals surface area contributed by atoms with Gasteiger partial charge in [-0.25, -0.2) is 4.98 Å². The van der Waals surface area contributed by atoms with Crippen LogP contribution in [0, 0.1) is 0 Å². The fourth-order valence-corrected chi connectivity index (χ4v) is 1.56. The van der Waals surface area contributed by atoms with Crippen LogP contribution in [0.1, 0.15) is 13.8 Å². The number of hydrogen-bond acceptors (Lipinski definition) is 6. The summed E-state index contributed by atoms with van der Waals surface area (Å²) in [5.41, 5.74) is 0.881. The summed E-state index contributed by atoms with van der Waals surface area (Å²) in [6.07, 6.45) is 1.82. The fourth-order valence-electron chi connectivity index (χ4n) is 1.56. The quantitative estimate of drug-likeness (QED) is 0.595. The Labute approximate surface area is 126 Å². The number of nitrogens with zero attached hydrogens (tertiary/aromatic N) is 1. The molecule has 1 aromatic rings. The lowest BCUT2D eigenvalue weighted by Gasteiger charge is -2.14. The first-order chi connectivity index (χ1) is 10.2. The number of aromatic nitrogens is 1. The van der Waals surface area contributed by atoms with Gasteiger partial charge in [-0.2, -0.15) is 0 Å². The minimum absolute atomic E-state index is 0.0981. The van der Waals surface area contributed by atoms with Gasteiger partial charge in [0.1, 0.15) is 0 Å². The van der Waals surface area contributed by atoms with Crippen LogP contribution in [-0.4, -0.2) is 57.8 Å². The Morgan fingerprint density at radius 3 is 2.52 bits per heavy atom. The number of methoxy groups -OCH3 is 1. The highest BCUT2D eigenvalue weighted by Crippen LogP contribution is 2.21. The molecule has 0 saturated carbocycles. The van der Waals surface area contributed by atoms with Gasteiger partial charge in [0.15, 0.2) is 0 Å². The minimum atomic E-state index is 0.0981. The Morgan fingerprint density at radius 2 is 1.81 bits per heavy atom. The summed E-state index contributed by atoms with van der Waals surface area (Å²) in [5, 5.41) is 3.26. The topological polar surface area (TPSA) is 61.8 Å². The molecule has 0 saturated heterocycles. The van der Waals surface area contributed by atoms with Crippen LogP contribution in [0.3, 0.4) is 0 Å². The van der Waals surface area contributed by atoms with Crippen molar-refractivity contribution in [2.45, 2.75) is 20.0 Å². The number of rotatable bonds is 12. The Bertz CT molecular complexity index is 374. The van der Waals surface area contributed by atoms with Crippen molar-refractivity contribution in [3.05, 3.63) is 18.3 Å². The molecule has 0 unspecified atom stereocenters. The maximum Gasteiger partial charge on any atom is 0.237 e. The zero-order valence-corrected chi connectivity index (χ0v) is 13.1. The highest BCUT2D eigenvalue weighted by atomic mass is 16.5. The van der Waals surface area contributed by atoms with Crippen LogP contribution < -0.4 is 10.1 Å². The van der Waals surface area contributed by atoms with Crippen LogP contribution in [0.2, 0.25) is 0 Å². The van der Waals surface area contributed by atoms with Gasteiger partial charge in [-0.15, -0.1) is 0 Å². The van der Waals surface area contributed by atoms with Gasteiger partial charge < -0.3 is 24.3 Å². The van der Waals surface area contributed by atoms with Crippen molar-refractivity contribution in [3.8, 4) is 5.88 Å². The van der Waals surface area contributed by atoms with E-state index in [-0.39, 0.29) is 6.10 Å². The molecular formula is C15H26N2O4. The van der Waals surface area contributed by atoms with E-state index in [0.29, 0.717) is 45.5 Å². The number of ether oxygens (including phenoxy) is 4. The van der Waals surface area contributed by atoms with E-state index >= 15 is 0 Å². The molecule has 21 heavy (non-hydrogen) atoms. The Kier molecular flexibility index (Phi) is 9.52. The van der Waals surface area contributed by atoms with Crippen molar-refractivity contribution >= 4 is 5.69 Å². The number of pyridine rings is 1. The molecule has 0 radical (unpaired) electrons. The normalized spacial score (nSPS) is 10.9. The SMILES string of the molecule is COCCOCCOCCNc1cccnc1OC(C)C. The van der Waals surface area contributed by atoms with Gasteiger partial charge in [0.25, 0.3) is 0 Å².